The molecule has 4 rings (SSSR count). The monoisotopic (exact) mass is 491 g/mol. The van der Waals surface area contributed by atoms with Crippen LogP contribution in [-0.2, 0) is 16.0 Å². The van der Waals surface area contributed by atoms with Gasteiger partial charge in [-0.3, -0.25) is 44.7 Å². The summed E-state index contributed by atoms with van der Waals surface area (Å²) < 4.78 is 6.55. The van der Waals surface area contributed by atoms with Gasteiger partial charge in [-0.15, -0.1) is 0 Å². The quantitative estimate of drug-likeness (QED) is 0.192. The molecule has 1 fully saturated rings. The van der Waals surface area contributed by atoms with Gasteiger partial charge >= 0.3 is 0 Å². The molecule has 0 unspecified atom stereocenters. The number of nitrogens with zero attached hydrogens (tertiary/aromatic N) is 5. The van der Waals surface area contributed by atoms with Crippen molar-refractivity contribution in [3.05, 3.63) is 60.7 Å². The number of carbonyl (C=O) groups is 1. The SMILES string of the molecule is O=C(Cc1ccc([N+](=O)[O-])cc1[N+](=O)[O-])Nc1nc2c(ncn2[C@@H]2O[C@H](CO)[C@H](O)[C@H]2O)c(=O)[nH]1. The number of aliphatic hydroxyl groups excluding tert-OH is 3. The number of nitro groups is 2. The van der Waals surface area contributed by atoms with Crippen LogP contribution in [0.15, 0.2) is 29.3 Å². The number of amides is 1. The molecule has 1 aliphatic rings. The smallest absolute Gasteiger partial charge is 0.280 e. The first-order valence-corrected chi connectivity index (χ1v) is 9.91. The van der Waals surface area contributed by atoms with Crippen molar-refractivity contribution in [2.75, 3.05) is 11.9 Å². The van der Waals surface area contributed by atoms with Gasteiger partial charge in [-0.2, -0.15) is 4.98 Å². The number of non-ortho nitro benzene ring substituents is 1. The molecule has 1 saturated heterocycles. The first-order chi connectivity index (χ1) is 16.6. The highest BCUT2D eigenvalue weighted by molar-refractivity contribution is 5.92. The summed E-state index contributed by atoms with van der Waals surface area (Å²) in [4.78, 5) is 55.6. The molecule has 35 heavy (non-hydrogen) atoms. The molecule has 17 heteroatoms. The lowest BCUT2D eigenvalue weighted by Gasteiger charge is -2.16. The molecule has 0 bridgehead atoms. The summed E-state index contributed by atoms with van der Waals surface area (Å²) in [6, 6.07) is 2.82. The zero-order valence-electron chi connectivity index (χ0n) is 17.5. The predicted octanol–water partition coefficient (Wildman–Crippen LogP) is -1.27. The van der Waals surface area contributed by atoms with Crippen LogP contribution in [0.3, 0.4) is 0 Å². The van der Waals surface area contributed by atoms with Crippen LogP contribution < -0.4 is 10.9 Å². The Morgan fingerprint density at radius 2 is 1.97 bits per heavy atom. The van der Waals surface area contributed by atoms with Crippen LogP contribution in [-0.4, -0.2) is 75.5 Å². The van der Waals surface area contributed by atoms with Gasteiger partial charge in [0.15, 0.2) is 17.4 Å². The van der Waals surface area contributed by atoms with Gasteiger partial charge in [0, 0.05) is 11.6 Å². The number of nitro benzene ring substituents is 2. The highest BCUT2D eigenvalue weighted by Crippen LogP contribution is 2.31. The fourth-order valence-corrected chi connectivity index (χ4v) is 3.62. The molecule has 0 saturated carbocycles. The highest BCUT2D eigenvalue weighted by Gasteiger charge is 2.44. The molecule has 0 radical (unpaired) electrons. The third-order valence-corrected chi connectivity index (χ3v) is 5.31. The summed E-state index contributed by atoms with van der Waals surface area (Å²) >= 11 is 0. The van der Waals surface area contributed by atoms with E-state index in [0.717, 1.165) is 29.1 Å². The minimum absolute atomic E-state index is 0.113. The second-order valence-corrected chi connectivity index (χ2v) is 7.52. The van der Waals surface area contributed by atoms with Crippen LogP contribution >= 0.6 is 0 Å². The molecule has 4 atom stereocenters. The maximum atomic E-state index is 12.5. The van der Waals surface area contributed by atoms with Crippen LogP contribution in [0.5, 0.6) is 0 Å². The number of imidazole rings is 1. The van der Waals surface area contributed by atoms with Crippen LogP contribution in [0, 0.1) is 20.2 Å². The van der Waals surface area contributed by atoms with E-state index in [2.05, 4.69) is 20.3 Å². The van der Waals surface area contributed by atoms with Gasteiger partial charge in [0.2, 0.25) is 11.9 Å². The maximum Gasteiger partial charge on any atom is 0.280 e. The lowest BCUT2D eigenvalue weighted by atomic mass is 10.1. The average Bonchev–Trinajstić information content (AvgIpc) is 3.34. The number of aromatic amines is 1. The van der Waals surface area contributed by atoms with Crippen molar-refractivity contribution >= 4 is 34.4 Å². The third kappa shape index (κ3) is 4.43. The van der Waals surface area contributed by atoms with Crippen molar-refractivity contribution in [3.8, 4) is 0 Å². The van der Waals surface area contributed by atoms with Crippen molar-refractivity contribution in [2.24, 2.45) is 0 Å². The Hall–Kier alpha value is -4.32. The third-order valence-electron chi connectivity index (χ3n) is 5.31. The van der Waals surface area contributed by atoms with Crippen LogP contribution in [0.25, 0.3) is 11.2 Å². The number of hydrogen-bond donors (Lipinski definition) is 5. The molecule has 184 valence electrons. The number of ether oxygens (including phenoxy) is 1. The van der Waals surface area contributed by atoms with Gasteiger partial charge in [-0.1, -0.05) is 0 Å². The fourth-order valence-electron chi connectivity index (χ4n) is 3.62. The molecule has 17 nitrogen and oxygen atoms in total. The summed E-state index contributed by atoms with van der Waals surface area (Å²) in [5.74, 6) is -1.19. The van der Waals surface area contributed by atoms with E-state index in [1.54, 1.807) is 0 Å². The first kappa shape index (κ1) is 23.8. The summed E-state index contributed by atoms with van der Waals surface area (Å²) in [6.07, 6.45) is -4.67. The zero-order valence-corrected chi connectivity index (χ0v) is 17.5. The van der Waals surface area contributed by atoms with Crippen molar-refractivity contribution in [3.63, 3.8) is 0 Å². The number of hydrogen-bond acceptors (Lipinski definition) is 12. The lowest BCUT2D eigenvalue weighted by Crippen LogP contribution is -2.33. The number of fused-ring (bicyclic) bond motifs is 1. The molecule has 0 aliphatic carbocycles. The number of aromatic nitrogens is 4. The van der Waals surface area contributed by atoms with Crippen LogP contribution in [0.1, 0.15) is 11.8 Å². The van der Waals surface area contributed by atoms with E-state index < -0.39 is 70.3 Å². The number of anilines is 1. The van der Waals surface area contributed by atoms with E-state index in [-0.39, 0.29) is 22.7 Å². The molecule has 0 spiro atoms. The average molecular weight is 491 g/mol. The van der Waals surface area contributed by atoms with E-state index in [1.165, 1.54) is 0 Å². The Labute approximate surface area is 192 Å². The number of rotatable bonds is 7. The summed E-state index contributed by atoms with van der Waals surface area (Å²) in [5.41, 5.74) is -2.33. The summed E-state index contributed by atoms with van der Waals surface area (Å²) in [5, 5.41) is 53.9. The number of H-pyrrole nitrogens is 1. The standard InChI is InChI=1S/C18H17N7O10/c26-5-10-13(28)14(29)17(35-10)23-6-19-12-15(23)21-18(22-16(12)30)20-11(27)3-7-1-2-8(24(31)32)4-9(7)25(33)34/h1-2,4,6,10,13-14,17,26,28-29H,3,5H2,(H2,20,21,22,27,30)/t10-,13+,14-,17-/m1/s1. The van der Waals surface area contributed by atoms with Crippen LogP contribution in [0.2, 0.25) is 0 Å². The van der Waals surface area contributed by atoms with Crippen molar-refractivity contribution in [1.29, 1.82) is 0 Å². The van der Waals surface area contributed by atoms with Gasteiger partial charge in [-0.05, 0) is 6.07 Å². The molecule has 3 aromatic rings. The lowest BCUT2D eigenvalue weighted by molar-refractivity contribution is -0.394. The van der Waals surface area contributed by atoms with E-state index in [1.807, 2.05) is 0 Å². The minimum atomic E-state index is -1.48. The Kier molecular flexibility index (Phi) is 6.22. The Morgan fingerprint density at radius 3 is 2.60 bits per heavy atom. The van der Waals surface area contributed by atoms with Crippen molar-refractivity contribution in [2.45, 2.75) is 31.0 Å². The summed E-state index contributed by atoms with van der Waals surface area (Å²) in [6.45, 7) is -0.578. The number of aliphatic hydroxyl groups is 3. The van der Waals surface area contributed by atoms with E-state index >= 15 is 0 Å². The van der Waals surface area contributed by atoms with Gasteiger partial charge < -0.3 is 20.1 Å². The molecule has 1 amide bonds. The normalized spacial score (nSPS) is 21.8. The zero-order chi connectivity index (χ0) is 25.4. The van der Waals surface area contributed by atoms with Crippen molar-refractivity contribution in [1.82, 2.24) is 19.5 Å². The fraction of sp³-hybridized carbons (Fsp3) is 0.333. The topological polar surface area (TPSA) is 249 Å². The number of carbonyl (C=O) groups excluding carboxylic acids is 1. The van der Waals surface area contributed by atoms with Crippen molar-refractivity contribution < 1.29 is 34.7 Å². The molecular formula is C18H17N7O10. The van der Waals surface area contributed by atoms with E-state index in [4.69, 9.17) is 4.74 Å². The Balaban J connectivity index is 1.60. The first-order valence-electron chi connectivity index (χ1n) is 9.91. The van der Waals surface area contributed by atoms with E-state index in [9.17, 15) is 45.1 Å². The number of nitrogens with one attached hydrogen (secondary N) is 2. The van der Waals surface area contributed by atoms with Gasteiger partial charge in [0.25, 0.3) is 16.9 Å². The highest BCUT2D eigenvalue weighted by atomic mass is 16.6. The molecule has 1 aliphatic heterocycles. The minimum Gasteiger partial charge on any atom is -0.394 e. The molecule has 5 N–H and O–H groups in total. The molecule has 2 aromatic heterocycles. The summed E-state index contributed by atoms with van der Waals surface area (Å²) in [7, 11) is 0. The molecular weight excluding hydrogens is 474 g/mol. The van der Waals surface area contributed by atoms with Gasteiger partial charge in [0.05, 0.1) is 35.3 Å². The second kappa shape index (κ2) is 9.14. The van der Waals surface area contributed by atoms with Gasteiger partial charge in [0.1, 0.15) is 18.3 Å². The Bertz CT molecular complexity index is 1390. The second-order valence-electron chi connectivity index (χ2n) is 7.52. The number of benzene rings is 1. The Morgan fingerprint density at radius 1 is 1.23 bits per heavy atom. The molecule has 1 aromatic carbocycles. The van der Waals surface area contributed by atoms with Gasteiger partial charge in [-0.25, -0.2) is 4.98 Å². The van der Waals surface area contributed by atoms with E-state index in [0.29, 0.717) is 0 Å². The maximum absolute atomic E-state index is 12.5. The molecule has 3 heterocycles. The predicted molar refractivity (Wildman–Crippen MR) is 113 cm³/mol. The largest absolute Gasteiger partial charge is 0.394 e. The van der Waals surface area contributed by atoms with Crippen LogP contribution in [0.4, 0.5) is 17.3 Å².